The number of ether oxygens (including phenoxy) is 1. The number of benzene rings is 4. The van der Waals surface area contributed by atoms with Gasteiger partial charge in [0.25, 0.3) is 0 Å². The van der Waals surface area contributed by atoms with Gasteiger partial charge in [-0.25, -0.2) is 4.99 Å². The average molecular weight is 464 g/mol. The van der Waals surface area contributed by atoms with Crippen LogP contribution in [0.5, 0.6) is 0 Å². The smallest absolute Gasteiger partial charge is 0.219 e. The number of aliphatic imine (C=N–C) groups is 1. The van der Waals surface area contributed by atoms with E-state index in [1.54, 1.807) is 0 Å². The van der Waals surface area contributed by atoms with Gasteiger partial charge in [-0.15, -0.1) is 11.3 Å². The van der Waals surface area contributed by atoms with Crippen LogP contribution in [0, 0.1) is 0 Å². The number of hydrogen-bond donors (Lipinski definition) is 0. The number of rotatable bonds is 5. The van der Waals surface area contributed by atoms with Crippen LogP contribution in [-0.2, 0) is 4.74 Å². The lowest BCUT2D eigenvalue weighted by atomic mass is 10.1. The molecule has 1 aromatic heterocycles. The van der Waals surface area contributed by atoms with Crippen molar-refractivity contribution < 1.29 is 4.74 Å². The summed E-state index contributed by atoms with van der Waals surface area (Å²) < 4.78 is 8.92. The summed E-state index contributed by atoms with van der Waals surface area (Å²) >= 11 is 1.87. The minimum Gasteiger partial charge on any atom is -0.475 e. The Morgan fingerprint density at radius 1 is 0.697 bits per heavy atom. The number of thiophene rings is 1. The van der Waals surface area contributed by atoms with Gasteiger partial charge < -0.3 is 4.74 Å². The minimum atomic E-state index is -0.741. The second-order valence-corrected chi connectivity index (χ2v) is 11.5. The van der Waals surface area contributed by atoms with Crippen LogP contribution < -0.4 is 15.2 Å². The molecule has 0 bridgehead atoms. The second-order valence-electron chi connectivity index (χ2n) is 7.96. The van der Waals surface area contributed by atoms with E-state index < -0.39 is 7.92 Å². The van der Waals surface area contributed by atoms with E-state index in [1.807, 2.05) is 17.4 Å². The molecule has 5 aromatic rings. The number of fused-ring (bicyclic) bond motifs is 1. The van der Waals surface area contributed by atoms with Gasteiger partial charge in [0.15, 0.2) is 0 Å². The molecule has 6 rings (SSSR count). The molecular formula is C29H22NOPS. The van der Waals surface area contributed by atoms with Gasteiger partial charge in [0.1, 0.15) is 12.6 Å². The second kappa shape index (κ2) is 8.94. The van der Waals surface area contributed by atoms with E-state index >= 15 is 0 Å². The molecule has 0 aliphatic carbocycles. The Bertz CT molecular complexity index is 1370. The molecule has 0 saturated carbocycles. The molecule has 4 heteroatoms. The van der Waals surface area contributed by atoms with Crippen LogP contribution in [0.2, 0.25) is 0 Å². The topological polar surface area (TPSA) is 21.6 Å². The molecule has 2 heterocycles. The molecule has 33 heavy (non-hydrogen) atoms. The third-order valence-corrected chi connectivity index (χ3v) is 9.91. The first-order valence-corrected chi connectivity index (χ1v) is 13.2. The summed E-state index contributed by atoms with van der Waals surface area (Å²) in [6, 6.07) is 40.8. The molecule has 1 aliphatic heterocycles. The molecule has 0 N–H and O–H groups in total. The van der Waals surface area contributed by atoms with Gasteiger partial charge in [0.2, 0.25) is 5.90 Å². The Balaban J connectivity index is 1.56. The van der Waals surface area contributed by atoms with Crippen LogP contribution in [0.1, 0.15) is 17.2 Å². The lowest BCUT2D eigenvalue weighted by Crippen LogP contribution is -2.23. The van der Waals surface area contributed by atoms with Crippen molar-refractivity contribution >= 4 is 50.5 Å². The van der Waals surface area contributed by atoms with Crippen LogP contribution in [-0.4, -0.2) is 12.5 Å². The van der Waals surface area contributed by atoms with Crippen molar-refractivity contribution in [3.05, 3.63) is 126 Å². The molecule has 0 saturated heterocycles. The highest BCUT2D eigenvalue weighted by Gasteiger charge is 2.30. The van der Waals surface area contributed by atoms with Crippen LogP contribution >= 0.6 is 19.3 Å². The molecule has 4 aromatic carbocycles. The van der Waals surface area contributed by atoms with Gasteiger partial charge >= 0.3 is 0 Å². The molecule has 0 spiro atoms. The Kier molecular flexibility index (Phi) is 5.51. The zero-order valence-corrected chi connectivity index (χ0v) is 19.7. The van der Waals surface area contributed by atoms with Crippen molar-refractivity contribution in [2.45, 2.75) is 6.04 Å². The van der Waals surface area contributed by atoms with E-state index in [4.69, 9.17) is 9.73 Å². The molecule has 2 nitrogen and oxygen atoms in total. The summed E-state index contributed by atoms with van der Waals surface area (Å²) in [5.41, 5.74) is 2.36. The molecule has 0 amide bonds. The van der Waals surface area contributed by atoms with Gasteiger partial charge in [0, 0.05) is 10.1 Å². The molecule has 0 radical (unpaired) electrons. The standard InChI is InChI=1S/C29H22NOPS/c1-4-12-21(13-5-1)25-20-31-28(30-25)27-24-18-10-11-19-26(24)33-29(27)32(22-14-6-2-7-15-22)23-16-8-3-9-17-23/h1-19,25H,20H2/t25-/m1/s1. The minimum absolute atomic E-state index is 0.0346. The summed E-state index contributed by atoms with van der Waals surface area (Å²) in [6.07, 6.45) is 0. The van der Waals surface area contributed by atoms with E-state index in [2.05, 4.69) is 109 Å². The quantitative estimate of drug-likeness (QED) is 0.285. The Labute approximate surface area is 199 Å². The van der Waals surface area contributed by atoms with Crippen molar-refractivity contribution in [1.29, 1.82) is 0 Å². The van der Waals surface area contributed by atoms with Crippen molar-refractivity contribution in [2.75, 3.05) is 6.61 Å². The monoisotopic (exact) mass is 463 g/mol. The molecule has 0 fully saturated rings. The Hall–Kier alpha value is -3.26. The fourth-order valence-electron chi connectivity index (χ4n) is 4.29. The van der Waals surface area contributed by atoms with E-state index in [-0.39, 0.29) is 6.04 Å². The fraction of sp³-hybridized carbons (Fsp3) is 0.0690. The SMILES string of the molecule is c1ccc([C@H]2COC(c3c(P(c4ccccc4)c4ccccc4)sc4ccccc34)=N2)cc1. The maximum absolute atomic E-state index is 6.30. The first-order valence-electron chi connectivity index (χ1n) is 11.1. The van der Waals surface area contributed by atoms with Gasteiger partial charge in [-0.05, 0) is 30.2 Å². The summed E-state index contributed by atoms with van der Waals surface area (Å²) in [5.74, 6) is 0.774. The highest BCUT2D eigenvalue weighted by molar-refractivity contribution is 7.84. The first kappa shape index (κ1) is 20.4. The Morgan fingerprint density at radius 2 is 1.27 bits per heavy atom. The molecule has 1 atom stereocenters. The fourth-order valence-corrected chi connectivity index (χ4v) is 8.67. The third kappa shape index (κ3) is 3.88. The maximum atomic E-state index is 6.30. The lowest BCUT2D eigenvalue weighted by Gasteiger charge is -2.19. The number of hydrogen-bond acceptors (Lipinski definition) is 3. The molecule has 1 aliphatic rings. The normalized spacial score (nSPS) is 15.5. The Morgan fingerprint density at radius 3 is 1.94 bits per heavy atom. The van der Waals surface area contributed by atoms with Gasteiger partial charge in [-0.3, -0.25) is 0 Å². The van der Waals surface area contributed by atoms with Crippen LogP contribution in [0.15, 0.2) is 120 Å². The predicted octanol–water partition coefficient (Wildman–Crippen LogP) is 6.18. The average Bonchev–Trinajstić information content (AvgIpc) is 3.51. The zero-order chi connectivity index (χ0) is 22.0. The van der Waals surface area contributed by atoms with Crippen LogP contribution in [0.25, 0.3) is 10.1 Å². The first-order chi connectivity index (χ1) is 16.4. The van der Waals surface area contributed by atoms with Crippen molar-refractivity contribution in [2.24, 2.45) is 4.99 Å². The molecule has 0 unspecified atom stereocenters. The van der Waals surface area contributed by atoms with E-state index in [0.717, 1.165) is 11.5 Å². The zero-order valence-electron chi connectivity index (χ0n) is 18.0. The predicted molar refractivity (Wildman–Crippen MR) is 142 cm³/mol. The highest BCUT2D eigenvalue weighted by Crippen LogP contribution is 2.41. The number of nitrogens with zero attached hydrogens (tertiary/aromatic N) is 1. The van der Waals surface area contributed by atoms with Crippen LogP contribution in [0.4, 0.5) is 0 Å². The highest BCUT2D eigenvalue weighted by atomic mass is 32.1. The maximum Gasteiger partial charge on any atom is 0.219 e. The third-order valence-electron chi connectivity index (χ3n) is 5.86. The molecular weight excluding hydrogens is 441 g/mol. The summed E-state index contributed by atoms with van der Waals surface area (Å²) in [6.45, 7) is 0.581. The van der Waals surface area contributed by atoms with Crippen molar-refractivity contribution in [3.63, 3.8) is 0 Å². The summed E-state index contributed by atoms with van der Waals surface area (Å²) in [4.78, 5) is 5.09. The van der Waals surface area contributed by atoms with Crippen LogP contribution in [0.3, 0.4) is 0 Å². The van der Waals surface area contributed by atoms with E-state index in [1.165, 1.54) is 30.9 Å². The van der Waals surface area contributed by atoms with Crippen molar-refractivity contribution in [3.8, 4) is 0 Å². The largest absolute Gasteiger partial charge is 0.475 e. The van der Waals surface area contributed by atoms with Gasteiger partial charge in [-0.2, -0.15) is 0 Å². The molecule has 160 valence electrons. The van der Waals surface area contributed by atoms with Crippen molar-refractivity contribution in [1.82, 2.24) is 0 Å². The van der Waals surface area contributed by atoms with E-state index in [9.17, 15) is 0 Å². The lowest BCUT2D eigenvalue weighted by molar-refractivity contribution is 0.320. The van der Waals surface area contributed by atoms with Gasteiger partial charge in [-0.1, -0.05) is 109 Å². The van der Waals surface area contributed by atoms with Gasteiger partial charge in [0.05, 0.1) is 10.2 Å². The summed E-state index contributed by atoms with van der Waals surface area (Å²) in [5, 5.41) is 3.90. The summed E-state index contributed by atoms with van der Waals surface area (Å²) in [7, 11) is -0.741. The van der Waals surface area contributed by atoms with E-state index in [0.29, 0.717) is 6.61 Å².